The molecule has 0 fully saturated rings. The van der Waals surface area contributed by atoms with Gasteiger partial charge >= 0.3 is 0 Å². The van der Waals surface area contributed by atoms with Crippen LogP contribution in [0.25, 0.3) is 0 Å². The van der Waals surface area contributed by atoms with Crippen LogP contribution in [0.15, 0.2) is 40.9 Å². The molecular formula is C17H20BrNO. The van der Waals surface area contributed by atoms with Crippen molar-refractivity contribution in [3.05, 3.63) is 57.6 Å². The molecule has 0 spiro atoms. The fourth-order valence-electron chi connectivity index (χ4n) is 1.94. The minimum atomic E-state index is 0.866. The van der Waals surface area contributed by atoms with Gasteiger partial charge in [-0.2, -0.15) is 0 Å². The van der Waals surface area contributed by atoms with Gasteiger partial charge in [0.2, 0.25) is 0 Å². The molecule has 0 heterocycles. The third-order valence-corrected chi connectivity index (χ3v) is 3.70. The smallest absolute Gasteiger partial charge is 0.131 e. The van der Waals surface area contributed by atoms with Crippen LogP contribution in [-0.4, -0.2) is 6.54 Å². The monoisotopic (exact) mass is 333 g/mol. The topological polar surface area (TPSA) is 21.3 Å². The highest BCUT2D eigenvalue weighted by Gasteiger charge is 2.06. The van der Waals surface area contributed by atoms with Gasteiger partial charge in [-0.25, -0.2) is 0 Å². The van der Waals surface area contributed by atoms with E-state index in [1.807, 2.05) is 12.1 Å². The number of halogens is 1. The molecule has 2 nitrogen and oxygen atoms in total. The van der Waals surface area contributed by atoms with Gasteiger partial charge in [0, 0.05) is 11.0 Å². The molecule has 0 aromatic heterocycles. The molecule has 0 atom stereocenters. The molecule has 0 unspecified atom stereocenters. The molecule has 1 N–H and O–H groups in total. The predicted octanol–water partition coefficient (Wildman–Crippen LogP) is 4.97. The van der Waals surface area contributed by atoms with Gasteiger partial charge < -0.3 is 10.1 Å². The van der Waals surface area contributed by atoms with Crippen molar-refractivity contribution in [1.29, 1.82) is 0 Å². The largest absolute Gasteiger partial charge is 0.457 e. The lowest BCUT2D eigenvalue weighted by Crippen LogP contribution is -2.11. The van der Waals surface area contributed by atoms with Crippen LogP contribution in [0, 0.1) is 13.8 Å². The highest BCUT2D eigenvalue weighted by atomic mass is 79.9. The molecule has 3 heteroatoms. The maximum atomic E-state index is 6.08. The first-order valence-electron chi connectivity index (χ1n) is 6.84. The first-order chi connectivity index (χ1) is 9.60. The predicted molar refractivity (Wildman–Crippen MR) is 87.5 cm³/mol. The van der Waals surface area contributed by atoms with Crippen molar-refractivity contribution in [2.24, 2.45) is 0 Å². The van der Waals surface area contributed by atoms with Crippen LogP contribution >= 0.6 is 15.9 Å². The van der Waals surface area contributed by atoms with Crippen LogP contribution in [0.2, 0.25) is 0 Å². The lowest BCUT2D eigenvalue weighted by molar-refractivity contribution is 0.474. The number of aryl methyl sites for hydroxylation is 2. The van der Waals surface area contributed by atoms with Gasteiger partial charge in [0.15, 0.2) is 0 Å². The summed E-state index contributed by atoms with van der Waals surface area (Å²) in [5, 5.41) is 3.33. The number of nitrogens with one attached hydrogen (secondary N) is 1. The Bertz CT molecular complexity index is 596. The van der Waals surface area contributed by atoms with Crippen molar-refractivity contribution >= 4 is 15.9 Å². The lowest BCUT2D eigenvalue weighted by atomic mass is 10.1. The number of hydrogen-bond donors (Lipinski definition) is 1. The quantitative estimate of drug-likeness (QED) is 0.834. The summed E-state index contributed by atoms with van der Waals surface area (Å²) in [7, 11) is 0. The molecule has 0 aliphatic rings. The van der Waals surface area contributed by atoms with E-state index in [1.165, 1.54) is 5.56 Å². The van der Waals surface area contributed by atoms with Gasteiger partial charge in [-0.1, -0.05) is 41.1 Å². The minimum absolute atomic E-state index is 0.866. The van der Waals surface area contributed by atoms with E-state index in [0.717, 1.165) is 40.2 Å². The molecule has 106 valence electrons. The highest BCUT2D eigenvalue weighted by Crippen LogP contribution is 2.30. The van der Waals surface area contributed by atoms with E-state index in [-0.39, 0.29) is 0 Å². The molecule has 2 aromatic rings. The van der Waals surface area contributed by atoms with Crippen molar-refractivity contribution < 1.29 is 4.74 Å². The Balaban J connectivity index is 2.25. The Kier molecular flexibility index (Phi) is 5.21. The fourth-order valence-corrected chi connectivity index (χ4v) is 2.28. The molecule has 2 aromatic carbocycles. The second-order valence-corrected chi connectivity index (χ2v) is 5.81. The van der Waals surface area contributed by atoms with E-state index in [4.69, 9.17) is 4.74 Å². The summed E-state index contributed by atoms with van der Waals surface area (Å²) in [5.41, 5.74) is 3.51. The minimum Gasteiger partial charge on any atom is -0.457 e. The van der Waals surface area contributed by atoms with Crippen LogP contribution < -0.4 is 10.1 Å². The molecule has 2 rings (SSSR count). The van der Waals surface area contributed by atoms with E-state index in [9.17, 15) is 0 Å². The number of benzene rings is 2. The Hall–Kier alpha value is -1.32. The average Bonchev–Trinajstić information content (AvgIpc) is 2.43. The summed E-state index contributed by atoms with van der Waals surface area (Å²) in [5.74, 6) is 1.81. The lowest BCUT2D eigenvalue weighted by Gasteiger charge is -2.13. The number of hydrogen-bond acceptors (Lipinski definition) is 2. The maximum Gasteiger partial charge on any atom is 0.131 e. The highest BCUT2D eigenvalue weighted by molar-refractivity contribution is 9.10. The second kappa shape index (κ2) is 6.91. The van der Waals surface area contributed by atoms with E-state index < -0.39 is 0 Å². The van der Waals surface area contributed by atoms with Crippen molar-refractivity contribution in [1.82, 2.24) is 5.32 Å². The SMILES string of the molecule is CCNCc1ccc(C)c(Oc2cc(Br)ccc2C)c1. The summed E-state index contributed by atoms with van der Waals surface area (Å²) >= 11 is 3.49. The molecule has 0 bridgehead atoms. The summed E-state index contributed by atoms with van der Waals surface area (Å²) < 4.78 is 7.11. The second-order valence-electron chi connectivity index (χ2n) is 4.89. The molecule has 0 saturated heterocycles. The Labute approximate surface area is 129 Å². The molecule has 0 amide bonds. The Morgan fingerprint density at radius 2 is 1.65 bits per heavy atom. The van der Waals surface area contributed by atoms with Crippen molar-refractivity contribution in [3.63, 3.8) is 0 Å². The van der Waals surface area contributed by atoms with Gasteiger partial charge in [-0.05, 0) is 55.3 Å². The molecule has 0 aliphatic carbocycles. The van der Waals surface area contributed by atoms with Crippen LogP contribution in [0.4, 0.5) is 0 Å². The first-order valence-corrected chi connectivity index (χ1v) is 7.63. The summed E-state index contributed by atoms with van der Waals surface area (Å²) in [6, 6.07) is 12.4. The van der Waals surface area contributed by atoms with E-state index in [1.54, 1.807) is 0 Å². The Morgan fingerprint density at radius 1 is 1.00 bits per heavy atom. The van der Waals surface area contributed by atoms with Gasteiger partial charge in [-0.15, -0.1) is 0 Å². The third kappa shape index (κ3) is 3.84. The van der Waals surface area contributed by atoms with Gasteiger partial charge in [-0.3, -0.25) is 0 Å². The molecular weight excluding hydrogens is 314 g/mol. The van der Waals surface area contributed by atoms with Gasteiger partial charge in [0.25, 0.3) is 0 Å². The van der Waals surface area contributed by atoms with Crippen LogP contribution in [0.1, 0.15) is 23.6 Å². The van der Waals surface area contributed by atoms with E-state index >= 15 is 0 Å². The van der Waals surface area contributed by atoms with Crippen molar-refractivity contribution in [2.45, 2.75) is 27.3 Å². The van der Waals surface area contributed by atoms with Crippen LogP contribution in [0.5, 0.6) is 11.5 Å². The normalized spacial score (nSPS) is 10.6. The van der Waals surface area contributed by atoms with Gasteiger partial charge in [0.05, 0.1) is 0 Å². The summed E-state index contributed by atoms with van der Waals surface area (Å²) in [6.07, 6.45) is 0. The molecule has 20 heavy (non-hydrogen) atoms. The van der Waals surface area contributed by atoms with E-state index in [0.29, 0.717) is 0 Å². The number of ether oxygens (including phenoxy) is 1. The summed E-state index contributed by atoms with van der Waals surface area (Å²) in [4.78, 5) is 0. The van der Waals surface area contributed by atoms with Crippen LogP contribution in [0.3, 0.4) is 0 Å². The average molecular weight is 334 g/mol. The molecule has 0 saturated carbocycles. The number of rotatable bonds is 5. The maximum absolute atomic E-state index is 6.08. The zero-order chi connectivity index (χ0) is 14.5. The molecule has 0 radical (unpaired) electrons. The fraction of sp³-hybridized carbons (Fsp3) is 0.294. The summed E-state index contributed by atoms with van der Waals surface area (Å²) in [6.45, 7) is 8.06. The van der Waals surface area contributed by atoms with E-state index in [2.05, 4.69) is 66.3 Å². The molecule has 0 aliphatic heterocycles. The van der Waals surface area contributed by atoms with Crippen molar-refractivity contribution in [3.8, 4) is 11.5 Å². The standard InChI is InChI=1S/C17H20BrNO/c1-4-19-11-14-7-5-12(2)16(9-14)20-17-10-15(18)8-6-13(17)3/h5-10,19H,4,11H2,1-3H3. The first kappa shape index (κ1) is 15.1. The Morgan fingerprint density at radius 3 is 2.35 bits per heavy atom. The third-order valence-electron chi connectivity index (χ3n) is 3.20. The van der Waals surface area contributed by atoms with Crippen molar-refractivity contribution in [2.75, 3.05) is 6.54 Å². The zero-order valence-electron chi connectivity index (χ0n) is 12.2. The van der Waals surface area contributed by atoms with Gasteiger partial charge in [0.1, 0.15) is 11.5 Å². The zero-order valence-corrected chi connectivity index (χ0v) is 13.8. The van der Waals surface area contributed by atoms with Crippen LogP contribution in [-0.2, 0) is 6.54 Å².